The van der Waals surface area contributed by atoms with Crippen LogP contribution in [-0.4, -0.2) is 23.7 Å². The topological polar surface area (TPSA) is 69.6 Å². The molecule has 0 fully saturated rings. The number of hydrogen-bond acceptors (Lipinski definition) is 4. The van der Waals surface area contributed by atoms with Crippen molar-refractivity contribution in [2.75, 3.05) is 13.2 Å². The van der Waals surface area contributed by atoms with Crippen molar-refractivity contribution in [3.05, 3.63) is 93.4 Å². The summed E-state index contributed by atoms with van der Waals surface area (Å²) in [5, 5.41) is 3.04. The van der Waals surface area contributed by atoms with Crippen molar-refractivity contribution < 1.29 is 14.3 Å². The Bertz CT molecular complexity index is 1120. The second-order valence-corrected chi connectivity index (χ2v) is 7.37. The highest BCUT2D eigenvalue weighted by atomic mass is 16.6. The first-order valence-electron chi connectivity index (χ1n) is 9.94. The van der Waals surface area contributed by atoms with Gasteiger partial charge in [-0.05, 0) is 48.7 Å². The standard InChI is InChI=1S/C24H24N2O4/c1-16-8-10-19(24(28)26(16)2)23(27)25-20(14-17-6-4-3-5-7-17)18-9-11-21-22(15-18)30-13-12-29-21/h3-11,15,20H,12-14H2,1-2H3,(H,25,27). The molecule has 1 N–H and O–H groups in total. The molecule has 1 aliphatic heterocycles. The Morgan fingerprint density at radius 3 is 2.53 bits per heavy atom. The number of benzene rings is 2. The first-order valence-corrected chi connectivity index (χ1v) is 9.94. The highest BCUT2D eigenvalue weighted by Gasteiger charge is 2.21. The highest BCUT2D eigenvalue weighted by molar-refractivity contribution is 5.94. The lowest BCUT2D eigenvalue weighted by molar-refractivity contribution is 0.0934. The lowest BCUT2D eigenvalue weighted by atomic mass is 9.98. The van der Waals surface area contributed by atoms with Crippen molar-refractivity contribution in [1.29, 1.82) is 0 Å². The Labute approximate surface area is 175 Å². The maximum Gasteiger partial charge on any atom is 0.263 e. The number of pyridine rings is 1. The van der Waals surface area contributed by atoms with Gasteiger partial charge in [0.25, 0.3) is 11.5 Å². The van der Waals surface area contributed by atoms with Crippen molar-refractivity contribution in [3.8, 4) is 11.5 Å². The lowest BCUT2D eigenvalue weighted by Crippen LogP contribution is -2.35. The van der Waals surface area contributed by atoms with Crippen LogP contribution in [-0.2, 0) is 13.5 Å². The van der Waals surface area contributed by atoms with E-state index in [1.807, 2.05) is 55.5 Å². The van der Waals surface area contributed by atoms with Crippen LogP contribution < -0.4 is 20.3 Å². The van der Waals surface area contributed by atoms with E-state index in [0.29, 0.717) is 31.1 Å². The number of rotatable bonds is 5. The quantitative estimate of drug-likeness (QED) is 0.709. The van der Waals surface area contributed by atoms with Gasteiger partial charge in [0.15, 0.2) is 11.5 Å². The minimum atomic E-state index is -0.397. The fraction of sp³-hybridized carbons (Fsp3) is 0.250. The molecule has 1 amide bonds. The van der Waals surface area contributed by atoms with Crippen molar-refractivity contribution in [2.24, 2.45) is 7.05 Å². The summed E-state index contributed by atoms with van der Waals surface area (Å²) in [7, 11) is 1.66. The zero-order chi connectivity index (χ0) is 21.1. The third-order valence-electron chi connectivity index (χ3n) is 5.36. The van der Waals surface area contributed by atoms with Crippen molar-refractivity contribution in [3.63, 3.8) is 0 Å². The SMILES string of the molecule is Cc1ccc(C(=O)NC(Cc2ccccc2)c2ccc3c(c2)OCCO3)c(=O)n1C. The molecule has 30 heavy (non-hydrogen) atoms. The normalized spacial score (nSPS) is 13.5. The summed E-state index contributed by atoms with van der Waals surface area (Å²) in [6.07, 6.45) is 0.582. The van der Waals surface area contributed by atoms with Gasteiger partial charge in [-0.1, -0.05) is 36.4 Å². The van der Waals surface area contributed by atoms with Gasteiger partial charge in [-0.2, -0.15) is 0 Å². The molecule has 0 radical (unpaired) electrons. The van der Waals surface area contributed by atoms with Crippen LogP contribution in [0.5, 0.6) is 11.5 Å². The molecule has 0 aliphatic carbocycles. The molecule has 4 rings (SSSR count). The summed E-state index contributed by atoms with van der Waals surface area (Å²) in [4.78, 5) is 25.6. The van der Waals surface area contributed by atoms with Crippen LogP contribution in [0.15, 0.2) is 65.5 Å². The molecule has 1 aromatic heterocycles. The third-order valence-corrected chi connectivity index (χ3v) is 5.36. The van der Waals surface area contributed by atoms with Crippen LogP contribution in [0.4, 0.5) is 0 Å². The van der Waals surface area contributed by atoms with E-state index in [0.717, 1.165) is 16.8 Å². The molecule has 0 saturated carbocycles. The summed E-state index contributed by atoms with van der Waals surface area (Å²) in [6, 6.07) is 18.6. The Balaban J connectivity index is 1.66. The first kappa shape index (κ1) is 19.8. The van der Waals surface area contributed by atoms with Gasteiger partial charge in [0, 0.05) is 12.7 Å². The van der Waals surface area contributed by atoms with Gasteiger partial charge >= 0.3 is 0 Å². The van der Waals surface area contributed by atoms with Crippen LogP contribution >= 0.6 is 0 Å². The van der Waals surface area contributed by atoms with Gasteiger partial charge in [0.2, 0.25) is 0 Å². The van der Waals surface area contributed by atoms with Gasteiger partial charge in [-0.15, -0.1) is 0 Å². The first-order chi connectivity index (χ1) is 14.5. The van der Waals surface area contributed by atoms with Crippen molar-refractivity contribution in [1.82, 2.24) is 9.88 Å². The van der Waals surface area contributed by atoms with E-state index in [1.54, 1.807) is 19.2 Å². The number of carbonyl (C=O) groups is 1. The van der Waals surface area contributed by atoms with Crippen LogP contribution in [0.25, 0.3) is 0 Å². The van der Waals surface area contributed by atoms with E-state index in [9.17, 15) is 9.59 Å². The van der Waals surface area contributed by atoms with Gasteiger partial charge in [-0.25, -0.2) is 0 Å². The molecule has 154 valence electrons. The molecule has 1 atom stereocenters. The molecule has 0 bridgehead atoms. The average molecular weight is 404 g/mol. The van der Waals surface area contributed by atoms with Crippen molar-refractivity contribution in [2.45, 2.75) is 19.4 Å². The Kier molecular flexibility index (Phi) is 5.57. The van der Waals surface area contributed by atoms with Gasteiger partial charge < -0.3 is 19.4 Å². The zero-order valence-corrected chi connectivity index (χ0v) is 17.1. The monoisotopic (exact) mass is 404 g/mol. The van der Waals surface area contributed by atoms with E-state index in [-0.39, 0.29) is 17.2 Å². The fourth-order valence-corrected chi connectivity index (χ4v) is 3.52. The number of aryl methyl sites for hydroxylation is 1. The Hall–Kier alpha value is -3.54. The summed E-state index contributed by atoms with van der Waals surface area (Å²) in [5.41, 5.74) is 2.57. The number of carbonyl (C=O) groups excluding carboxylic acids is 1. The van der Waals surface area contributed by atoms with E-state index in [2.05, 4.69) is 5.32 Å². The smallest absolute Gasteiger partial charge is 0.263 e. The Morgan fingerprint density at radius 2 is 1.77 bits per heavy atom. The van der Waals surface area contributed by atoms with E-state index in [1.165, 1.54) is 4.57 Å². The number of nitrogens with one attached hydrogen (secondary N) is 1. The second-order valence-electron chi connectivity index (χ2n) is 7.37. The van der Waals surface area contributed by atoms with Crippen LogP contribution in [0.2, 0.25) is 0 Å². The highest BCUT2D eigenvalue weighted by Crippen LogP contribution is 2.33. The van der Waals surface area contributed by atoms with Crippen LogP contribution in [0.3, 0.4) is 0 Å². The number of amides is 1. The Morgan fingerprint density at radius 1 is 1.03 bits per heavy atom. The van der Waals surface area contributed by atoms with Gasteiger partial charge in [0.05, 0.1) is 6.04 Å². The molecule has 1 aliphatic rings. The fourth-order valence-electron chi connectivity index (χ4n) is 3.52. The summed E-state index contributed by atoms with van der Waals surface area (Å²) in [6.45, 7) is 2.84. The molecule has 3 aromatic rings. The maximum atomic E-state index is 13.0. The largest absolute Gasteiger partial charge is 0.486 e. The third kappa shape index (κ3) is 4.08. The van der Waals surface area contributed by atoms with Crippen LogP contribution in [0.1, 0.15) is 33.2 Å². The minimum Gasteiger partial charge on any atom is -0.486 e. The molecule has 2 aromatic carbocycles. The molecular formula is C24H24N2O4. The average Bonchev–Trinajstić information content (AvgIpc) is 2.77. The molecule has 0 spiro atoms. The number of hydrogen-bond donors (Lipinski definition) is 1. The summed E-state index contributed by atoms with van der Waals surface area (Å²) < 4.78 is 12.8. The molecule has 6 heteroatoms. The minimum absolute atomic E-state index is 0.124. The number of ether oxygens (including phenoxy) is 2. The van der Waals surface area contributed by atoms with Crippen molar-refractivity contribution >= 4 is 5.91 Å². The van der Waals surface area contributed by atoms with E-state index in [4.69, 9.17) is 9.47 Å². The second kappa shape index (κ2) is 8.45. The molecule has 0 saturated heterocycles. The predicted octanol–water partition coefficient (Wildman–Crippen LogP) is 3.18. The number of aromatic nitrogens is 1. The molecule has 2 heterocycles. The van der Waals surface area contributed by atoms with Crippen LogP contribution in [0, 0.1) is 6.92 Å². The number of fused-ring (bicyclic) bond motifs is 1. The predicted molar refractivity (Wildman–Crippen MR) is 114 cm³/mol. The molecule has 1 unspecified atom stereocenters. The molecule has 6 nitrogen and oxygen atoms in total. The maximum absolute atomic E-state index is 13.0. The van der Waals surface area contributed by atoms with E-state index >= 15 is 0 Å². The van der Waals surface area contributed by atoms with Gasteiger partial charge in [-0.3, -0.25) is 9.59 Å². The van der Waals surface area contributed by atoms with Gasteiger partial charge in [0.1, 0.15) is 18.8 Å². The lowest BCUT2D eigenvalue weighted by Gasteiger charge is -2.23. The molecular weight excluding hydrogens is 380 g/mol. The summed E-state index contributed by atoms with van der Waals surface area (Å²) >= 11 is 0. The zero-order valence-electron chi connectivity index (χ0n) is 17.1. The number of nitrogens with zero attached hydrogens (tertiary/aromatic N) is 1. The van der Waals surface area contributed by atoms with E-state index < -0.39 is 5.91 Å². The summed E-state index contributed by atoms with van der Waals surface area (Å²) in [5.74, 6) is 0.964.